The molecule has 4 heteroatoms. The van der Waals surface area contributed by atoms with Crippen LogP contribution in [0.2, 0.25) is 0 Å². The molecule has 0 spiro atoms. The fourth-order valence-corrected chi connectivity index (χ4v) is 4.20. The first-order valence-corrected chi connectivity index (χ1v) is 9.11. The molecule has 4 aromatic carbocycles. The minimum atomic E-state index is -1.92. The zero-order chi connectivity index (χ0) is 19.6. The van der Waals surface area contributed by atoms with Crippen molar-refractivity contribution in [3.63, 3.8) is 0 Å². The summed E-state index contributed by atoms with van der Waals surface area (Å²) in [5, 5.41) is 0. The third-order valence-corrected chi connectivity index (χ3v) is 5.40. The Kier molecular flexibility index (Phi) is 4.78. The monoisotopic (exact) mass is 373 g/mol. The molecule has 0 aliphatic rings. The maximum absolute atomic E-state index is 14.3. The lowest BCUT2D eigenvalue weighted by Gasteiger charge is -2.44. The van der Waals surface area contributed by atoms with Gasteiger partial charge >= 0.3 is 0 Å². The van der Waals surface area contributed by atoms with Gasteiger partial charge in [-0.3, -0.25) is 0 Å². The number of hydrogen-bond acceptors (Lipinski definition) is 0. The highest BCUT2D eigenvalue weighted by molar-refractivity contribution is 7.19. The Labute approximate surface area is 162 Å². The summed E-state index contributed by atoms with van der Waals surface area (Å²) in [6, 6.07) is 31.0. The lowest BCUT2D eigenvalue weighted by atomic mass is 9.13. The van der Waals surface area contributed by atoms with Crippen LogP contribution in [0.4, 0.5) is 13.2 Å². The second kappa shape index (κ2) is 7.39. The van der Waals surface area contributed by atoms with Crippen molar-refractivity contribution in [3.05, 3.63) is 121 Å². The number of hydrogen-bond donors (Lipinski definition) is 0. The lowest BCUT2D eigenvalue weighted by molar-refractivity contribution is 0.448. The van der Waals surface area contributed by atoms with E-state index in [0.29, 0.717) is 5.46 Å². The summed E-state index contributed by atoms with van der Waals surface area (Å²) in [4.78, 5) is 0. The van der Waals surface area contributed by atoms with E-state index in [2.05, 4.69) is 0 Å². The van der Waals surface area contributed by atoms with Crippen molar-refractivity contribution in [1.82, 2.24) is 0 Å². The van der Waals surface area contributed by atoms with Crippen LogP contribution >= 0.6 is 0 Å². The van der Waals surface area contributed by atoms with Gasteiger partial charge in [0.2, 0.25) is 0 Å². The summed E-state index contributed by atoms with van der Waals surface area (Å²) in [6.07, 6.45) is -1.92. The summed E-state index contributed by atoms with van der Waals surface area (Å²) >= 11 is 0. The molecule has 0 saturated heterocycles. The van der Waals surface area contributed by atoms with Crippen LogP contribution in [0.5, 0.6) is 0 Å². The first-order valence-electron chi connectivity index (χ1n) is 9.11. The van der Waals surface area contributed by atoms with E-state index in [1.807, 2.05) is 91.0 Å². The van der Waals surface area contributed by atoms with Crippen molar-refractivity contribution < 1.29 is 13.2 Å². The SMILES string of the molecule is Fc1cc([B-](c2ccccc2)(c2ccccc2)c2ccccc2)cc(F)c1F. The summed E-state index contributed by atoms with van der Waals surface area (Å²) in [5.41, 5.74) is 3.07. The van der Waals surface area contributed by atoms with Crippen LogP contribution in [-0.2, 0) is 0 Å². The molecule has 4 aromatic rings. The van der Waals surface area contributed by atoms with Gasteiger partial charge in [0.1, 0.15) is 6.15 Å². The fourth-order valence-electron chi connectivity index (χ4n) is 4.20. The normalized spacial score (nSPS) is 11.4. The molecule has 0 nitrogen and oxygen atoms in total. The van der Waals surface area contributed by atoms with Gasteiger partial charge in [0.15, 0.2) is 17.5 Å². The number of rotatable bonds is 4. The molecular formula is C24H17BF3-. The summed E-state index contributed by atoms with van der Waals surface area (Å²) in [5.74, 6) is -3.84. The summed E-state index contributed by atoms with van der Waals surface area (Å²) in [7, 11) is 0. The molecule has 0 aromatic heterocycles. The van der Waals surface area contributed by atoms with Crippen LogP contribution < -0.4 is 21.9 Å². The molecule has 0 amide bonds. The lowest BCUT2D eigenvalue weighted by Crippen LogP contribution is -2.74. The van der Waals surface area contributed by atoms with Crippen molar-refractivity contribution >= 4 is 28.0 Å². The van der Waals surface area contributed by atoms with Gasteiger partial charge in [-0.2, -0.15) is 21.9 Å². The highest BCUT2D eigenvalue weighted by Crippen LogP contribution is 2.14. The van der Waals surface area contributed by atoms with Gasteiger partial charge in [-0.1, -0.05) is 103 Å². The van der Waals surface area contributed by atoms with Crippen molar-refractivity contribution in [1.29, 1.82) is 0 Å². The van der Waals surface area contributed by atoms with Crippen LogP contribution in [0.3, 0.4) is 0 Å². The molecule has 0 bridgehead atoms. The third-order valence-electron chi connectivity index (χ3n) is 5.40. The summed E-state index contributed by atoms with van der Waals surface area (Å²) in [6.45, 7) is 0. The molecule has 0 aliphatic heterocycles. The van der Waals surface area contributed by atoms with Gasteiger partial charge in [-0.15, -0.1) is 0 Å². The Bertz CT molecular complexity index is 961. The van der Waals surface area contributed by atoms with E-state index in [9.17, 15) is 13.2 Å². The average Bonchev–Trinajstić information content (AvgIpc) is 2.75. The van der Waals surface area contributed by atoms with E-state index in [0.717, 1.165) is 28.5 Å². The van der Waals surface area contributed by atoms with Crippen LogP contribution in [0, 0.1) is 17.5 Å². The molecule has 0 unspecified atom stereocenters. The number of halogens is 3. The van der Waals surface area contributed by atoms with E-state index in [4.69, 9.17) is 0 Å². The van der Waals surface area contributed by atoms with E-state index in [1.165, 1.54) is 0 Å². The highest BCUT2D eigenvalue weighted by atomic mass is 19.2. The highest BCUT2D eigenvalue weighted by Gasteiger charge is 2.32. The fraction of sp³-hybridized carbons (Fsp3) is 0. The van der Waals surface area contributed by atoms with Crippen molar-refractivity contribution in [2.24, 2.45) is 0 Å². The third kappa shape index (κ3) is 2.91. The predicted molar refractivity (Wildman–Crippen MR) is 110 cm³/mol. The van der Waals surface area contributed by atoms with Crippen LogP contribution in [-0.4, -0.2) is 6.15 Å². The van der Waals surface area contributed by atoms with E-state index in [-0.39, 0.29) is 0 Å². The first kappa shape index (κ1) is 18.1. The van der Waals surface area contributed by atoms with Gasteiger partial charge < -0.3 is 0 Å². The van der Waals surface area contributed by atoms with Gasteiger partial charge in [0.05, 0.1) is 0 Å². The van der Waals surface area contributed by atoms with Gasteiger partial charge in [0, 0.05) is 0 Å². The smallest absolute Gasteiger partial charge is 0.194 e. The molecule has 0 aliphatic carbocycles. The average molecular weight is 373 g/mol. The van der Waals surface area contributed by atoms with Crippen molar-refractivity contribution in [2.45, 2.75) is 0 Å². The van der Waals surface area contributed by atoms with Crippen LogP contribution in [0.25, 0.3) is 0 Å². The van der Waals surface area contributed by atoms with Crippen LogP contribution in [0.15, 0.2) is 103 Å². The van der Waals surface area contributed by atoms with E-state index < -0.39 is 23.6 Å². The van der Waals surface area contributed by atoms with Crippen molar-refractivity contribution in [3.8, 4) is 0 Å². The minimum Gasteiger partial charge on any atom is -0.204 e. The maximum Gasteiger partial charge on any atom is 0.194 e. The van der Waals surface area contributed by atoms with Crippen molar-refractivity contribution in [2.75, 3.05) is 0 Å². The van der Waals surface area contributed by atoms with E-state index >= 15 is 0 Å². The quantitative estimate of drug-likeness (QED) is 0.380. The molecule has 0 heterocycles. The Hall–Kier alpha value is -3.27. The molecule has 0 N–H and O–H groups in total. The maximum atomic E-state index is 14.3. The predicted octanol–water partition coefficient (Wildman–Crippen LogP) is 3.48. The molecule has 4 rings (SSSR count). The first-order chi connectivity index (χ1) is 13.6. The second-order valence-electron chi connectivity index (χ2n) is 6.90. The molecule has 0 radical (unpaired) electrons. The zero-order valence-corrected chi connectivity index (χ0v) is 15.0. The number of benzene rings is 4. The molecule has 0 atom stereocenters. The second-order valence-corrected chi connectivity index (χ2v) is 6.90. The minimum absolute atomic E-state index is 0.389. The largest absolute Gasteiger partial charge is 0.204 e. The molecule has 0 fully saturated rings. The van der Waals surface area contributed by atoms with E-state index in [1.54, 1.807) is 0 Å². The van der Waals surface area contributed by atoms with Gasteiger partial charge in [-0.25, -0.2) is 13.2 Å². The Morgan fingerprint density at radius 3 is 1.07 bits per heavy atom. The topological polar surface area (TPSA) is 0 Å². The van der Waals surface area contributed by atoms with Gasteiger partial charge in [-0.05, 0) is 0 Å². The molecular weight excluding hydrogens is 356 g/mol. The standard InChI is InChI=1S/C24H17BF3/c26-22-16-21(17-23(27)24(22)28)25(18-10-4-1-5-11-18,19-12-6-2-7-13-19)20-14-8-3-9-15-20/h1-17H/q-1. The summed E-state index contributed by atoms with van der Waals surface area (Å²) < 4.78 is 42.4. The molecule has 0 saturated carbocycles. The van der Waals surface area contributed by atoms with Crippen LogP contribution in [0.1, 0.15) is 0 Å². The zero-order valence-electron chi connectivity index (χ0n) is 15.0. The van der Waals surface area contributed by atoms with Gasteiger partial charge in [0.25, 0.3) is 0 Å². The molecule has 138 valence electrons. The Morgan fingerprint density at radius 1 is 0.429 bits per heavy atom. The Morgan fingerprint density at radius 2 is 0.750 bits per heavy atom. The Balaban J connectivity index is 2.17. The molecule has 28 heavy (non-hydrogen) atoms.